The molecule has 2 aliphatic heterocycles. The van der Waals surface area contributed by atoms with Gasteiger partial charge in [-0.3, -0.25) is 14.5 Å². The van der Waals surface area contributed by atoms with E-state index in [0.717, 1.165) is 5.56 Å². The lowest BCUT2D eigenvalue weighted by atomic mass is 9.84. The van der Waals surface area contributed by atoms with Crippen LogP contribution in [-0.2, 0) is 15.0 Å². The van der Waals surface area contributed by atoms with Crippen molar-refractivity contribution in [2.45, 2.75) is 46.1 Å². The van der Waals surface area contributed by atoms with Gasteiger partial charge in [0.25, 0.3) is 11.7 Å². The Bertz CT molecular complexity index is 1480. The summed E-state index contributed by atoms with van der Waals surface area (Å²) in [5, 5.41) is 11.7. The Morgan fingerprint density at radius 3 is 2.30 bits per heavy atom. The second-order valence-electron chi connectivity index (χ2n) is 10.6. The first-order chi connectivity index (χ1) is 19.1. The molecule has 8 heteroatoms. The van der Waals surface area contributed by atoms with Gasteiger partial charge in [-0.2, -0.15) is 0 Å². The Kier molecular flexibility index (Phi) is 7.19. The average molecular weight is 544 g/mol. The van der Waals surface area contributed by atoms with Crippen LogP contribution in [0, 0.1) is 0 Å². The Labute approximate surface area is 233 Å². The van der Waals surface area contributed by atoms with Crippen molar-refractivity contribution in [3.8, 4) is 23.0 Å². The molecule has 1 amide bonds. The molecule has 1 unspecified atom stereocenters. The highest BCUT2D eigenvalue weighted by Crippen LogP contribution is 2.45. The minimum atomic E-state index is -0.888. The van der Waals surface area contributed by atoms with Gasteiger partial charge in [0.2, 0.25) is 6.79 Å². The summed E-state index contributed by atoms with van der Waals surface area (Å²) in [5.41, 5.74) is 2.09. The first-order valence-electron chi connectivity index (χ1n) is 13.3. The Morgan fingerprint density at radius 1 is 0.925 bits per heavy atom. The number of carbonyl (C=O) groups is 2. The van der Waals surface area contributed by atoms with E-state index in [9.17, 15) is 14.7 Å². The Balaban J connectivity index is 1.68. The number of rotatable bonds is 7. The Morgan fingerprint density at radius 2 is 1.62 bits per heavy atom. The van der Waals surface area contributed by atoms with Crippen LogP contribution in [0.25, 0.3) is 5.76 Å². The Hall–Kier alpha value is -4.46. The molecule has 0 aliphatic carbocycles. The van der Waals surface area contributed by atoms with E-state index in [1.165, 1.54) is 4.90 Å². The maximum Gasteiger partial charge on any atom is 0.300 e. The zero-order chi connectivity index (χ0) is 28.6. The van der Waals surface area contributed by atoms with Crippen molar-refractivity contribution in [2.24, 2.45) is 0 Å². The molecule has 1 N–H and O–H groups in total. The van der Waals surface area contributed by atoms with E-state index in [0.29, 0.717) is 53.0 Å². The molecule has 3 aromatic carbocycles. The molecule has 0 bridgehead atoms. The van der Waals surface area contributed by atoms with Gasteiger partial charge in [0.1, 0.15) is 17.3 Å². The van der Waals surface area contributed by atoms with Crippen LogP contribution in [-0.4, -0.2) is 36.8 Å². The van der Waals surface area contributed by atoms with Gasteiger partial charge in [-0.05, 0) is 67.3 Å². The minimum absolute atomic E-state index is 0.00385. The highest BCUT2D eigenvalue weighted by Gasteiger charge is 2.47. The van der Waals surface area contributed by atoms with Gasteiger partial charge in [-0.25, -0.2) is 0 Å². The van der Waals surface area contributed by atoms with Crippen LogP contribution < -0.4 is 23.8 Å². The highest BCUT2D eigenvalue weighted by molar-refractivity contribution is 6.51. The number of anilines is 1. The molecule has 1 fully saturated rings. The zero-order valence-corrected chi connectivity index (χ0v) is 23.3. The van der Waals surface area contributed by atoms with Gasteiger partial charge < -0.3 is 24.1 Å². The number of ether oxygens (including phenoxy) is 4. The van der Waals surface area contributed by atoms with Crippen LogP contribution in [0.5, 0.6) is 23.0 Å². The van der Waals surface area contributed by atoms with Gasteiger partial charge in [0, 0.05) is 22.9 Å². The van der Waals surface area contributed by atoms with Crippen molar-refractivity contribution in [1.82, 2.24) is 0 Å². The fourth-order valence-corrected chi connectivity index (χ4v) is 5.06. The van der Waals surface area contributed by atoms with Crippen molar-refractivity contribution in [1.29, 1.82) is 0 Å². The summed E-state index contributed by atoms with van der Waals surface area (Å²) in [4.78, 5) is 28.6. The number of aliphatic hydroxyl groups is 1. The summed E-state index contributed by atoms with van der Waals surface area (Å²) in [6, 6.07) is 16.7. The summed E-state index contributed by atoms with van der Waals surface area (Å²) in [6.07, 6.45) is 0. The highest BCUT2D eigenvalue weighted by atomic mass is 16.7. The molecule has 0 aromatic heterocycles. The number of benzene rings is 3. The molecule has 0 radical (unpaired) electrons. The van der Waals surface area contributed by atoms with Crippen molar-refractivity contribution >= 4 is 23.1 Å². The standard InChI is InChI=1S/C32H33NO7/c1-6-37-22-12-8-19(9-13-22)28-27(29(34)20-10-14-24(38-7-2)23(16-20)32(3,4)5)30(35)31(36)33(28)21-11-15-25-26(17-21)40-18-39-25/h8-17,28,34H,6-7,18H2,1-5H3/b29-27+. The van der Waals surface area contributed by atoms with E-state index < -0.39 is 17.7 Å². The fourth-order valence-electron chi connectivity index (χ4n) is 5.06. The summed E-state index contributed by atoms with van der Waals surface area (Å²) in [6.45, 7) is 11.0. The first-order valence-corrected chi connectivity index (χ1v) is 13.3. The number of carbonyl (C=O) groups excluding carboxylic acids is 2. The van der Waals surface area contributed by atoms with Crippen molar-refractivity contribution in [2.75, 3.05) is 24.9 Å². The van der Waals surface area contributed by atoms with Crippen molar-refractivity contribution < 1.29 is 33.6 Å². The van der Waals surface area contributed by atoms with Crippen molar-refractivity contribution in [3.05, 3.63) is 82.9 Å². The van der Waals surface area contributed by atoms with E-state index in [4.69, 9.17) is 18.9 Å². The van der Waals surface area contributed by atoms with E-state index in [1.807, 2.05) is 40.7 Å². The van der Waals surface area contributed by atoms with Crippen LogP contribution >= 0.6 is 0 Å². The van der Waals surface area contributed by atoms with Crippen LogP contribution in [0.4, 0.5) is 5.69 Å². The minimum Gasteiger partial charge on any atom is -0.507 e. The molecule has 2 heterocycles. The number of Topliss-reactive ketones (excluding diaryl/α,β-unsaturated/α-hetero) is 1. The number of hydrogen-bond donors (Lipinski definition) is 1. The number of nitrogens with zero attached hydrogens (tertiary/aromatic N) is 1. The van der Waals surface area contributed by atoms with E-state index in [-0.39, 0.29) is 23.5 Å². The molecule has 5 rings (SSSR count). The van der Waals surface area contributed by atoms with Gasteiger partial charge in [0.05, 0.1) is 24.8 Å². The van der Waals surface area contributed by atoms with Crippen LogP contribution in [0.2, 0.25) is 0 Å². The molecular weight excluding hydrogens is 510 g/mol. The summed E-state index contributed by atoms with van der Waals surface area (Å²) < 4.78 is 22.4. The quantitative estimate of drug-likeness (QED) is 0.217. The number of ketones is 1. The van der Waals surface area contributed by atoms with Gasteiger partial charge >= 0.3 is 0 Å². The predicted octanol–water partition coefficient (Wildman–Crippen LogP) is 6.14. The summed E-state index contributed by atoms with van der Waals surface area (Å²) in [5.74, 6) is 0.617. The predicted molar refractivity (Wildman–Crippen MR) is 151 cm³/mol. The number of aliphatic hydroxyl groups excluding tert-OH is 1. The van der Waals surface area contributed by atoms with Crippen LogP contribution in [0.15, 0.2) is 66.2 Å². The molecule has 3 aromatic rings. The summed E-state index contributed by atoms with van der Waals surface area (Å²) in [7, 11) is 0. The van der Waals surface area contributed by atoms with Gasteiger partial charge in [0.15, 0.2) is 11.5 Å². The normalized spacial score (nSPS) is 17.8. The molecular formula is C32H33NO7. The third-order valence-electron chi connectivity index (χ3n) is 6.95. The molecule has 208 valence electrons. The number of hydrogen-bond acceptors (Lipinski definition) is 7. The smallest absolute Gasteiger partial charge is 0.300 e. The lowest BCUT2D eigenvalue weighted by Gasteiger charge is -2.26. The molecule has 1 atom stereocenters. The third kappa shape index (κ3) is 4.85. The second kappa shape index (κ2) is 10.6. The molecule has 40 heavy (non-hydrogen) atoms. The SMILES string of the molecule is CCOc1ccc(C2/C(=C(\O)c3ccc(OCC)c(C(C)(C)C)c3)C(=O)C(=O)N2c2ccc3c(c2)OCO3)cc1. The topological polar surface area (TPSA) is 94.5 Å². The molecule has 1 saturated heterocycles. The summed E-state index contributed by atoms with van der Waals surface area (Å²) >= 11 is 0. The monoisotopic (exact) mass is 543 g/mol. The van der Waals surface area contributed by atoms with Crippen LogP contribution in [0.1, 0.15) is 57.4 Å². The van der Waals surface area contributed by atoms with E-state index in [1.54, 1.807) is 54.6 Å². The first kappa shape index (κ1) is 27.1. The average Bonchev–Trinajstić information content (AvgIpc) is 3.50. The third-order valence-corrected chi connectivity index (χ3v) is 6.95. The van der Waals surface area contributed by atoms with Gasteiger partial charge in [-0.15, -0.1) is 0 Å². The molecule has 0 saturated carbocycles. The maximum absolute atomic E-state index is 13.6. The zero-order valence-electron chi connectivity index (χ0n) is 23.3. The molecule has 8 nitrogen and oxygen atoms in total. The second-order valence-corrected chi connectivity index (χ2v) is 10.6. The number of amides is 1. The fraction of sp³-hybridized carbons (Fsp3) is 0.312. The lowest BCUT2D eigenvalue weighted by Crippen LogP contribution is -2.29. The largest absolute Gasteiger partial charge is 0.507 e. The molecule has 0 spiro atoms. The lowest BCUT2D eigenvalue weighted by molar-refractivity contribution is -0.132. The van der Waals surface area contributed by atoms with Gasteiger partial charge in [-0.1, -0.05) is 32.9 Å². The molecule has 2 aliphatic rings. The van der Waals surface area contributed by atoms with E-state index >= 15 is 0 Å². The van der Waals surface area contributed by atoms with Crippen molar-refractivity contribution in [3.63, 3.8) is 0 Å². The number of fused-ring (bicyclic) bond motifs is 1. The maximum atomic E-state index is 13.6. The van der Waals surface area contributed by atoms with Crippen LogP contribution in [0.3, 0.4) is 0 Å². The van der Waals surface area contributed by atoms with E-state index in [2.05, 4.69) is 0 Å².